The molecule has 2 aliphatic rings. The van der Waals surface area contributed by atoms with Crippen LogP contribution in [0.25, 0.3) is 0 Å². The number of aromatic nitrogens is 2. The predicted octanol–water partition coefficient (Wildman–Crippen LogP) is 2.14. The largest absolute Gasteiger partial charge is 0.381 e. The van der Waals surface area contributed by atoms with Crippen molar-refractivity contribution in [1.29, 1.82) is 0 Å². The number of nitrogens with one attached hydrogen (secondary N) is 1. The van der Waals surface area contributed by atoms with Gasteiger partial charge in [-0.05, 0) is 50.6 Å². The first-order valence-corrected chi connectivity index (χ1v) is 7.94. The number of rotatable bonds is 4. The molecule has 5 heteroatoms. The first-order chi connectivity index (χ1) is 9.83. The van der Waals surface area contributed by atoms with Gasteiger partial charge in [0.05, 0.1) is 0 Å². The first-order valence-electron chi connectivity index (χ1n) is 7.94. The predicted molar refractivity (Wildman–Crippen MR) is 75.6 cm³/mol. The molecule has 1 aromatic heterocycles. The van der Waals surface area contributed by atoms with Crippen LogP contribution in [0.3, 0.4) is 0 Å². The van der Waals surface area contributed by atoms with E-state index in [-0.39, 0.29) is 0 Å². The zero-order valence-corrected chi connectivity index (χ0v) is 12.3. The molecule has 0 bridgehead atoms. The Labute approximate surface area is 120 Å². The summed E-state index contributed by atoms with van der Waals surface area (Å²) in [5.74, 6) is 3.46. The number of nitrogens with zero attached hydrogens (tertiary/aromatic N) is 2. The Morgan fingerprint density at radius 3 is 2.90 bits per heavy atom. The number of ether oxygens (including phenoxy) is 1. The fraction of sp³-hybridized carbons (Fsp3) is 0.867. The van der Waals surface area contributed by atoms with Crippen molar-refractivity contribution in [3.05, 3.63) is 11.7 Å². The fourth-order valence-corrected chi connectivity index (χ4v) is 3.28. The maximum atomic E-state index is 5.46. The van der Waals surface area contributed by atoms with E-state index in [0.717, 1.165) is 63.2 Å². The molecule has 2 atom stereocenters. The van der Waals surface area contributed by atoms with E-state index in [1.54, 1.807) is 0 Å². The average Bonchev–Trinajstić information content (AvgIpc) is 2.97. The summed E-state index contributed by atoms with van der Waals surface area (Å²) in [6, 6.07) is 0. The van der Waals surface area contributed by atoms with Crippen LogP contribution in [0.4, 0.5) is 0 Å². The van der Waals surface area contributed by atoms with Crippen LogP contribution in [0.2, 0.25) is 0 Å². The second kappa shape index (κ2) is 6.68. The van der Waals surface area contributed by atoms with E-state index in [4.69, 9.17) is 9.26 Å². The van der Waals surface area contributed by atoms with Gasteiger partial charge in [0.15, 0.2) is 5.82 Å². The van der Waals surface area contributed by atoms with Crippen molar-refractivity contribution in [2.24, 2.45) is 11.8 Å². The molecule has 5 nitrogen and oxygen atoms in total. The van der Waals surface area contributed by atoms with Crippen molar-refractivity contribution < 1.29 is 9.26 Å². The molecular formula is C15H25N3O2. The maximum Gasteiger partial charge on any atom is 0.226 e. The quantitative estimate of drug-likeness (QED) is 0.915. The second-order valence-corrected chi connectivity index (χ2v) is 6.22. The van der Waals surface area contributed by atoms with Crippen LogP contribution in [-0.4, -0.2) is 36.4 Å². The van der Waals surface area contributed by atoms with Crippen molar-refractivity contribution in [2.75, 3.05) is 26.3 Å². The molecule has 112 valence electrons. The maximum absolute atomic E-state index is 5.46. The molecule has 0 aliphatic carbocycles. The highest BCUT2D eigenvalue weighted by atomic mass is 16.5. The molecule has 0 aromatic carbocycles. The van der Waals surface area contributed by atoms with Gasteiger partial charge in [-0.3, -0.25) is 0 Å². The molecule has 2 unspecified atom stereocenters. The van der Waals surface area contributed by atoms with Gasteiger partial charge >= 0.3 is 0 Å². The molecule has 2 aliphatic heterocycles. The van der Waals surface area contributed by atoms with Crippen LogP contribution in [-0.2, 0) is 11.2 Å². The van der Waals surface area contributed by atoms with E-state index in [2.05, 4.69) is 22.4 Å². The van der Waals surface area contributed by atoms with Crippen LogP contribution >= 0.6 is 0 Å². The standard InChI is InChI=1S/C15H25N3O2/c1-11(13-3-2-6-16-10-13)9-14-17-15(18-20-14)12-4-7-19-8-5-12/h11-13,16H,2-10H2,1H3. The van der Waals surface area contributed by atoms with Crippen LogP contribution in [0.15, 0.2) is 4.52 Å². The van der Waals surface area contributed by atoms with E-state index in [9.17, 15) is 0 Å². The molecule has 0 saturated carbocycles. The molecular weight excluding hydrogens is 254 g/mol. The van der Waals surface area contributed by atoms with Gasteiger partial charge in [-0.2, -0.15) is 4.98 Å². The Morgan fingerprint density at radius 2 is 2.15 bits per heavy atom. The summed E-state index contributed by atoms with van der Waals surface area (Å²) >= 11 is 0. The normalized spacial score (nSPS) is 26.6. The van der Waals surface area contributed by atoms with Gasteiger partial charge in [-0.1, -0.05) is 12.1 Å². The molecule has 3 rings (SSSR count). The lowest BCUT2D eigenvalue weighted by Crippen LogP contribution is -2.33. The van der Waals surface area contributed by atoms with Gasteiger partial charge < -0.3 is 14.6 Å². The van der Waals surface area contributed by atoms with Gasteiger partial charge in [0.1, 0.15) is 0 Å². The van der Waals surface area contributed by atoms with Gasteiger partial charge in [0, 0.05) is 25.6 Å². The highest BCUT2D eigenvalue weighted by Gasteiger charge is 2.24. The van der Waals surface area contributed by atoms with Crippen LogP contribution < -0.4 is 5.32 Å². The molecule has 3 heterocycles. The summed E-state index contributed by atoms with van der Waals surface area (Å²) in [4.78, 5) is 4.61. The highest BCUT2D eigenvalue weighted by molar-refractivity contribution is 4.97. The minimum absolute atomic E-state index is 0.424. The third-order valence-corrected chi connectivity index (χ3v) is 4.71. The minimum atomic E-state index is 0.424. The van der Waals surface area contributed by atoms with Crippen molar-refractivity contribution in [1.82, 2.24) is 15.5 Å². The van der Waals surface area contributed by atoms with Gasteiger partial charge in [-0.15, -0.1) is 0 Å². The summed E-state index contributed by atoms with van der Waals surface area (Å²) in [6.45, 7) is 6.23. The van der Waals surface area contributed by atoms with Crippen molar-refractivity contribution in [3.63, 3.8) is 0 Å². The SMILES string of the molecule is CC(Cc1nc(C2CCOCC2)no1)C1CCCNC1. The molecule has 1 aromatic rings. The van der Waals surface area contributed by atoms with Crippen molar-refractivity contribution in [3.8, 4) is 0 Å². The third kappa shape index (κ3) is 3.38. The van der Waals surface area contributed by atoms with Crippen LogP contribution in [0, 0.1) is 11.8 Å². The number of piperidine rings is 1. The van der Waals surface area contributed by atoms with Crippen LogP contribution in [0.5, 0.6) is 0 Å². The first kappa shape index (κ1) is 14.0. The van der Waals surface area contributed by atoms with E-state index in [0.29, 0.717) is 11.8 Å². The van der Waals surface area contributed by atoms with Gasteiger partial charge in [-0.25, -0.2) is 0 Å². The lowest BCUT2D eigenvalue weighted by Gasteiger charge is -2.27. The monoisotopic (exact) mass is 279 g/mol. The lowest BCUT2D eigenvalue weighted by atomic mass is 9.85. The molecule has 0 radical (unpaired) electrons. The minimum Gasteiger partial charge on any atom is -0.381 e. The van der Waals surface area contributed by atoms with E-state index >= 15 is 0 Å². The smallest absolute Gasteiger partial charge is 0.226 e. The fourth-order valence-electron chi connectivity index (χ4n) is 3.28. The van der Waals surface area contributed by atoms with E-state index in [1.807, 2.05) is 0 Å². The second-order valence-electron chi connectivity index (χ2n) is 6.22. The van der Waals surface area contributed by atoms with Gasteiger partial charge in [0.2, 0.25) is 5.89 Å². The number of hydrogen-bond donors (Lipinski definition) is 1. The molecule has 20 heavy (non-hydrogen) atoms. The Hall–Kier alpha value is -0.940. The average molecular weight is 279 g/mol. The summed E-state index contributed by atoms with van der Waals surface area (Å²) in [5, 5.41) is 7.66. The highest BCUT2D eigenvalue weighted by Crippen LogP contribution is 2.26. The third-order valence-electron chi connectivity index (χ3n) is 4.71. The summed E-state index contributed by atoms with van der Waals surface area (Å²) < 4.78 is 10.8. The Kier molecular flexibility index (Phi) is 4.68. The Balaban J connectivity index is 1.56. The van der Waals surface area contributed by atoms with E-state index in [1.165, 1.54) is 12.8 Å². The molecule has 1 N–H and O–H groups in total. The molecule has 2 fully saturated rings. The summed E-state index contributed by atoms with van der Waals surface area (Å²) in [7, 11) is 0. The summed E-state index contributed by atoms with van der Waals surface area (Å²) in [6.07, 6.45) is 5.53. The van der Waals surface area contributed by atoms with Crippen molar-refractivity contribution in [2.45, 2.75) is 44.9 Å². The Morgan fingerprint density at radius 1 is 1.30 bits per heavy atom. The zero-order valence-electron chi connectivity index (χ0n) is 12.3. The number of hydrogen-bond acceptors (Lipinski definition) is 5. The van der Waals surface area contributed by atoms with Crippen LogP contribution in [0.1, 0.15) is 50.2 Å². The lowest BCUT2D eigenvalue weighted by molar-refractivity contribution is 0.0830. The van der Waals surface area contributed by atoms with Crippen molar-refractivity contribution >= 4 is 0 Å². The Bertz CT molecular complexity index is 409. The molecule has 0 amide bonds. The topological polar surface area (TPSA) is 60.2 Å². The summed E-state index contributed by atoms with van der Waals surface area (Å²) in [5.41, 5.74) is 0. The molecule has 2 saturated heterocycles. The zero-order chi connectivity index (χ0) is 13.8. The molecule has 0 spiro atoms. The van der Waals surface area contributed by atoms with E-state index < -0.39 is 0 Å². The van der Waals surface area contributed by atoms with Gasteiger partial charge in [0.25, 0.3) is 0 Å².